The third-order valence-electron chi connectivity index (χ3n) is 7.20. The quantitative estimate of drug-likeness (QED) is 0.0441. The Bertz CT molecular complexity index is 2020. The molecule has 0 bridgehead atoms. The van der Waals surface area contributed by atoms with Gasteiger partial charge in [-0.3, -0.25) is 4.79 Å². The molecule has 1 unspecified atom stereocenters. The van der Waals surface area contributed by atoms with Gasteiger partial charge in [0.2, 0.25) is 16.9 Å². The molecule has 1 atom stereocenters. The molecule has 14 nitrogen and oxygen atoms in total. The Morgan fingerprint density at radius 3 is 2.55 bits per heavy atom. The fraction of sp³-hybridized carbons (Fsp3) is 0.294. The van der Waals surface area contributed by atoms with Gasteiger partial charge in [0, 0.05) is 25.8 Å². The minimum Gasteiger partial charge on any atom is -0.489 e. The number of benzene rings is 2. The Kier molecular flexibility index (Phi) is 10.9. The van der Waals surface area contributed by atoms with Crippen LogP contribution < -0.4 is 16.0 Å². The average Bonchev–Trinajstić information content (AvgIpc) is 3.68. The van der Waals surface area contributed by atoms with E-state index in [-0.39, 0.29) is 53.8 Å². The second kappa shape index (κ2) is 15.5. The van der Waals surface area contributed by atoms with Gasteiger partial charge in [0.25, 0.3) is 0 Å². The molecule has 0 saturated heterocycles. The number of nitriles is 1. The molecule has 3 N–H and O–H groups in total. The van der Waals surface area contributed by atoms with Gasteiger partial charge in [-0.2, -0.15) is 15.2 Å². The highest BCUT2D eigenvalue weighted by Crippen LogP contribution is 2.38. The van der Waals surface area contributed by atoms with Crippen LogP contribution in [0.2, 0.25) is 0 Å². The van der Waals surface area contributed by atoms with E-state index >= 15 is 0 Å². The standard InChI is InChI=1S/C34H37N11O3S/c1-19-14-20(2)28(21(3)15-19)39-32-29(31(37-22(4)18-47-7)40-33(41-32)36-12-13-48-24(6)23(5)46)42-43-30-25(16-35)17-45(44-30)34-38-26-10-8-9-11-27(26)49-34/h8-11,14-15,17,22H,6,12-13,18H2,1-5,7H3,(H3,36,37,39,40,41). The van der Waals surface area contributed by atoms with E-state index in [0.717, 1.165) is 32.6 Å². The number of hydrogen-bond acceptors (Lipinski definition) is 14. The third-order valence-corrected chi connectivity index (χ3v) is 8.22. The van der Waals surface area contributed by atoms with Gasteiger partial charge in [-0.05, 0) is 51.0 Å². The van der Waals surface area contributed by atoms with Crippen molar-refractivity contribution in [3.05, 3.63) is 77.2 Å². The SMILES string of the molecule is C=C(OCCNc1nc(Nc2c(C)cc(C)cc2C)c(N=Nc2nn(-c3nc4ccccc4s3)cc2C#N)c(NC(C)COC)n1)C(C)=O. The Balaban J connectivity index is 1.57. The summed E-state index contributed by atoms with van der Waals surface area (Å²) in [5.41, 5.74) is 5.33. The number of anilines is 4. The lowest BCUT2D eigenvalue weighted by molar-refractivity contribution is -0.116. The van der Waals surface area contributed by atoms with Crippen molar-refractivity contribution in [1.82, 2.24) is 24.7 Å². The smallest absolute Gasteiger partial charge is 0.226 e. The molecule has 49 heavy (non-hydrogen) atoms. The van der Waals surface area contributed by atoms with Gasteiger partial charge < -0.3 is 25.4 Å². The molecule has 15 heteroatoms. The van der Waals surface area contributed by atoms with Gasteiger partial charge in [0.1, 0.15) is 18.2 Å². The number of Topliss-reactive ketones (excluding diaryl/α,β-unsaturated/α-hetero) is 1. The number of aromatic nitrogens is 5. The monoisotopic (exact) mass is 679 g/mol. The van der Waals surface area contributed by atoms with Gasteiger partial charge in [-0.1, -0.05) is 47.7 Å². The molecule has 0 saturated carbocycles. The summed E-state index contributed by atoms with van der Waals surface area (Å²) in [5, 5.41) is 34.1. The average molecular weight is 680 g/mol. The predicted molar refractivity (Wildman–Crippen MR) is 191 cm³/mol. The number of ether oxygens (including phenoxy) is 2. The van der Waals surface area contributed by atoms with Crippen LogP contribution in [0.15, 0.2) is 65.2 Å². The molecule has 0 aliphatic rings. The van der Waals surface area contributed by atoms with E-state index in [1.165, 1.54) is 22.9 Å². The molecule has 0 spiro atoms. The van der Waals surface area contributed by atoms with Crippen molar-refractivity contribution in [3.63, 3.8) is 0 Å². The van der Waals surface area contributed by atoms with Crippen LogP contribution in [0.1, 0.15) is 36.1 Å². The highest BCUT2D eigenvalue weighted by Gasteiger charge is 2.20. The molecular weight excluding hydrogens is 643 g/mol. The van der Waals surface area contributed by atoms with Crippen molar-refractivity contribution in [2.24, 2.45) is 10.2 Å². The summed E-state index contributed by atoms with van der Waals surface area (Å²) in [7, 11) is 1.61. The highest BCUT2D eigenvalue weighted by atomic mass is 32.1. The van der Waals surface area contributed by atoms with Crippen LogP contribution in [0.5, 0.6) is 0 Å². The van der Waals surface area contributed by atoms with Gasteiger partial charge in [0.15, 0.2) is 28.9 Å². The number of carbonyl (C=O) groups excluding carboxylic acids is 1. The Morgan fingerprint density at radius 1 is 1.12 bits per heavy atom. The number of aryl methyl sites for hydroxylation is 3. The van der Waals surface area contributed by atoms with E-state index in [2.05, 4.69) is 61.0 Å². The van der Waals surface area contributed by atoms with E-state index in [1.54, 1.807) is 13.3 Å². The second-order valence-corrected chi connectivity index (χ2v) is 12.3. The number of allylic oxidation sites excluding steroid dienone is 1. The number of thiazole rings is 1. The van der Waals surface area contributed by atoms with Crippen molar-refractivity contribution >= 4 is 62.1 Å². The van der Waals surface area contributed by atoms with Crippen LogP contribution in [0.3, 0.4) is 0 Å². The fourth-order valence-corrected chi connectivity index (χ4v) is 5.84. The molecule has 3 aromatic heterocycles. The first-order chi connectivity index (χ1) is 23.6. The van der Waals surface area contributed by atoms with Gasteiger partial charge in [-0.25, -0.2) is 9.67 Å². The highest BCUT2D eigenvalue weighted by molar-refractivity contribution is 7.20. The van der Waals surface area contributed by atoms with Crippen molar-refractivity contribution in [3.8, 4) is 11.2 Å². The van der Waals surface area contributed by atoms with Crippen molar-refractivity contribution in [1.29, 1.82) is 5.26 Å². The first kappa shape index (κ1) is 34.6. The van der Waals surface area contributed by atoms with E-state index in [9.17, 15) is 10.1 Å². The zero-order chi connectivity index (χ0) is 35.1. The molecule has 0 aliphatic carbocycles. The van der Waals surface area contributed by atoms with Crippen LogP contribution >= 0.6 is 11.3 Å². The van der Waals surface area contributed by atoms with E-state index in [0.29, 0.717) is 23.4 Å². The first-order valence-corrected chi connectivity index (χ1v) is 16.2. The lowest BCUT2D eigenvalue weighted by Crippen LogP contribution is -2.22. The lowest BCUT2D eigenvalue weighted by Gasteiger charge is -2.20. The first-order valence-electron chi connectivity index (χ1n) is 15.4. The number of fused-ring (bicyclic) bond motifs is 1. The summed E-state index contributed by atoms with van der Waals surface area (Å²) < 4.78 is 13.3. The Hall–Kier alpha value is -5.72. The Labute approximate surface area is 287 Å². The summed E-state index contributed by atoms with van der Waals surface area (Å²) in [6.07, 6.45) is 1.58. The summed E-state index contributed by atoms with van der Waals surface area (Å²) >= 11 is 1.45. The summed E-state index contributed by atoms with van der Waals surface area (Å²) in [4.78, 5) is 25.6. The molecule has 2 aromatic carbocycles. The van der Waals surface area contributed by atoms with Crippen LogP contribution in [0.4, 0.5) is 34.8 Å². The molecule has 5 rings (SSSR count). The van der Waals surface area contributed by atoms with E-state index in [1.807, 2.05) is 52.0 Å². The molecule has 0 fully saturated rings. The summed E-state index contributed by atoms with van der Waals surface area (Å²) in [6.45, 7) is 13.9. The Morgan fingerprint density at radius 2 is 1.86 bits per heavy atom. The fourth-order valence-electron chi connectivity index (χ4n) is 4.95. The number of hydrogen-bond donors (Lipinski definition) is 3. The minimum absolute atomic E-state index is 0.0733. The number of nitrogens with zero attached hydrogens (tertiary/aromatic N) is 8. The number of ketones is 1. The van der Waals surface area contributed by atoms with Crippen LogP contribution in [-0.2, 0) is 14.3 Å². The normalized spacial score (nSPS) is 11.8. The molecule has 0 aliphatic heterocycles. The number of methoxy groups -OCH3 is 1. The molecular formula is C34H37N11O3S. The maximum absolute atomic E-state index is 11.5. The minimum atomic E-state index is -0.246. The molecule has 0 amide bonds. The van der Waals surface area contributed by atoms with Crippen LogP contribution in [0, 0.1) is 32.1 Å². The summed E-state index contributed by atoms with van der Waals surface area (Å²) in [5.74, 6) is 0.909. The number of rotatable bonds is 15. The van der Waals surface area contributed by atoms with Gasteiger partial charge in [-0.15, -0.1) is 15.3 Å². The zero-order valence-corrected chi connectivity index (χ0v) is 29.0. The molecule has 252 valence electrons. The van der Waals surface area contributed by atoms with E-state index < -0.39 is 0 Å². The van der Waals surface area contributed by atoms with E-state index in [4.69, 9.17) is 19.4 Å². The van der Waals surface area contributed by atoms with Crippen molar-refractivity contribution in [2.45, 2.75) is 40.7 Å². The largest absolute Gasteiger partial charge is 0.489 e. The number of para-hydroxylation sites is 1. The van der Waals surface area contributed by atoms with Gasteiger partial charge >= 0.3 is 0 Å². The molecule has 3 heterocycles. The molecule has 5 aromatic rings. The van der Waals surface area contributed by atoms with Crippen molar-refractivity contribution in [2.75, 3.05) is 42.8 Å². The zero-order valence-electron chi connectivity index (χ0n) is 28.2. The van der Waals surface area contributed by atoms with Gasteiger partial charge in [0.05, 0.1) is 29.6 Å². The maximum Gasteiger partial charge on any atom is 0.226 e. The number of carbonyl (C=O) groups is 1. The van der Waals surface area contributed by atoms with Crippen LogP contribution in [0.25, 0.3) is 15.3 Å². The van der Waals surface area contributed by atoms with Crippen molar-refractivity contribution < 1.29 is 14.3 Å². The second-order valence-electron chi connectivity index (χ2n) is 11.3. The topological polar surface area (TPSA) is 177 Å². The lowest BCUT2D eigenvalue weighted by atomic mass is 10.1. The molecule has 0 radical (unpaired) electrons. The summed E-state index contributed by atoms with van der Waals surface area (Å²) in [6, 6.07) is 13.9. The number of nitrogens with one attached hydrogen (secondary N) is 3. The maximum atomic E-state index is 11.5. The number of azo groups is 1. The van der Waals surface area contributed by atoms with Crippen LogP contribution in [-0.4, -0.2) is 63.4 Å². The predicted octanol–water partition coefficient (Wildman–Crippen LogP) is 7.21. The third kappa shape index (κ3) is 8.42.